The third-order valence-corrected chi connectivity index (χ3v) is 2.69. The van der Waals surface area contributed by atoms with Crippen molar-refractivity contribution in [2.75, 3.05) is 6.54 Å². The first kappa shape index (κ1) is 7.87. The van der Waals surface area contributed by atoms with Gasteiger partial charge in [-0.3, -0.25) is 0 Å². The topological polar surface area (TPSA) is 25.2 Å². The lowest BCUT2D eigenvalue weighted by molar-refractivity contribution is 0.410. The Hall–Kier alpha value is -0.760. The van der Waals surface area contributed by atoms with Gasteiger partial charge < -0.3 is 9.73 Å². The van der Waals surface area contributed by atoms with Crippen molar-refractivity contribution in [1.29, 1.82) is 0 Å². The highest BCUT2D eigenvalue weighted by atomic mass is 16.3. The van der Waals surface area contributed by atoms with E-state index < -0.39 is 0 Å². The van der Waals surface area contributed by atoms with Gasteiger partial charge in [0.05, 0.1) is 6.26 Å². The Labute approximate surface area is 73.0 Å². The third kappa shape index (κ3) is 1.07. The Balaban J connectivity index is 2.38. The van der Waals surface area contributed by atoms with Crippen LogP contribution in [0.2, 0.25) is 0 Å². The summed E-state index contributed by atoms with van der Waals surface area (Å²) < 4.78 is 5.55. The fraction of sp³-hybridized carbons (Fsp3) is 0.600. The van der Waals surface area contributed by atoms with E-state index >= 15 is 0 Å². The molecule has 1 aliphatic rings. The summed E-state index contributed by atoms with van der Waals surface area (Å²) in [5.41, 5.74) is 2.67. The number of furan rings is 1. The molecule has 66 valence electrons. The van der Waals surface area contributed by atoms with Gasteiger partial charge in [-0.05, 0) is 18.9 Å². The smallest absolute Gasteiger partial charge is 0.112 e. The van der Waals surface area contributed by atoms with E-state index in [0.29, 0.717) is 5.92 Å². The predicted molar refractivity (Wildman–Crippen MR) is 48.2 cm³/mol. The molecule has 2 heteroatoms. The summed E-state index contributed by atoms with van der Waals surface area (Å²) in [7, 11) is 0. The molecule has 2 nitrogen and oxygen atoms in total. The molecule has 0 saturated heterocycles. The first-order valence-corrected chi connectivity index (χ1v) is 4.60. The van der Waals surface area contributed by atoms with Crippen molar-refractivity contribution < 1.29 is 4.42 Å². The van der Waals surface area contributed by atoms with Gasteiger partial charge in [-0.2, -0.15) is 0 Å². The van der Waals surface area contributed by atoms with Gasteiger partial charge in [0.1, 0.15) is 5.76 Å². The third-order valence-electron chi connectivity index (χ3n) is 2.69. The van der Waals surface area contributed by atoms with Gasteiger partial charge >= 0.3 is 0 Å². The van der Waals surface area contributed by atoms with E-state index in [2.05, 4.69) is 19.2 Å². The first-order valence-electron chi connectivity index (χ1n) is 4.60. The summed E-state index contributed by atoms with van der Waals surface area (Å²) in [4.78, 5) is 0. The highest BCUT2D eigenvalue weighted by Gasteiger charge is 2.22. The molecule has 1 unspecified atom stereocenters. The van der Waals surface area contributed by atoms with Gasteiger partial charge in [-0.1, -0.05) is 6.92 Å². The van der Waals surface area contributed by atoms with Gasteiger partial charge in [-0.25, -0.2) is 0 Å². The van der Waals surface area contributed by atoms with Crippen LogP contribution in [0.25, 0.3) is 0 Å². The predicted octanol–water partition coefficient (Wildman–Crippen LogP) is 2.18. The van der Waals surface area contributed by atoms with E-state index in [0.717, 1.165) is 19.5 Å². The number of hydrogen-bond donors (Lipinski definition) is 1. The minimum atomic E-state index is 0.586. The van der Waals surface area contributed by atoms with Gasteiger partial charge in [0.25, 0.3) is 0 Å². The zero-order chi connectivity index (χ0) is 8.55. The van der Waals surface area contributed by atoms with Crippen molar-refractivity contribution in [1.82, 2.24) is 5.32 Å². The van der Waals surface area contributed by atoms with Crippen molar-refractivity contribution in [2.24, 2.45) is 0 Å². The van der Waals surface area contributed by atoms with Crippen LogP contribution in [0.15, 0.2) is 10.7 Å². The maximum Gasteiger partial charge on any atom is 0.112 e. The highest BCUT2D eigenvalue weighted by molar-refractivity contribution is 5.31. The van der Waals surface area contributed by atoms with Crippen LogP contribution in [-0.4, -0.2) is 6.54 Å². The Morgan fingerprint density at radius 3 is 3.25 bits per heavy atom. The largest absolute Gasteiger partial charge is 0.468 e. The quantitative estimate of drug-likeness (QED) is 0.690. The van der Waals surface area contributed by atoms with E-state index in [1.165, 1.54) is 16.9 Å². The molecule has 0 fully saturated rings. The van der Waals surface area contributed by atoms with E-state index in [4.69, 9.17) is 4.42 Å². The SMILES string of the molecule is CCC1CNCc2c(C)coc21. The lowest BCUT2D eigenvalue weighted by Gasteiger charge is -2.20. The maximum atomic E-state index is 5.55. The second-order valence-corrected chi connectivity index (χ2v) is 3.50. The van der Waals surface area contributed by atoms with E-state index in [9.17, 15) is 0 Å². The lowest BCUT2D eigenvalue weighted by Crippen LogP contribution is -2.27. The molecule has 0 spiro atoms. The highest BCUT2D eigenvalue weighted by Crippen LogP contribution is 2.29. The molecular weight excluding hydrogens is 150 g/mol. The van der Waals surface area contributed by atoms with Crippen molar-refractivity contribution in [2.45, 2.75) is 32.7 Å². The molecule has 2 heterocycles. The second-order valence-electron chi connectivity index (χ2n) is 3.50. The summed E-state index contributed by atoms with van der Waals surface area (Å²) in [5.74, 6) is 1.80. The van der Waals surface area contributed by atoms with Crippen LogP contribution in [0.1, 0.15) is 36.1 Å². The monoisotopic (exact) mass is 165 g/mol. The van der Waals surface area contributed by atoms with Gasteiger partial charge in [-0.15, -0.1) is 0 Å². The number of hydrogen-bond acceptors (Lipinski definition) is 2. The normalized spacial score (nSPS) is 22.3. The standard InChI is InChI=1S/C10H15NO/c1-3-8-4-11-5-9-7(2)6-12-10(8)9/h6,8,11H,3-5H2,1-2H3. The van der Waals surface area contributed by atoms with Crippen LogP contribution >= 0.6 is 0 Å². The average molecular weight is 165 g/mol. The molecule has 1 N–H and O–H groups in total. The van der Waals surface area contributed by atoms with E-state index in [1.807, 2.05) is 6.26 Å². The fourth-order valence-corrected chi connectivity index (χ4v) is 1.85. The number of nitrogens with one attached hydrogen (secondary N) is 1. The van der Waals surface area contributed by atoms with Crippen molar-refractivity contribution in [3.63, 3.8) is 0 Å². The molecule has 0 amide bonds. The first-order chi connectivity index (χ1) is 5.83. The summed E-state index contributed by atoms with van der Waals surface area (Å²) in [6.07, 6.45) is 3.04. The molecule has 0 aliphatic carbocycles. The Kier molecular flexibility index (Phi) is 1.93. The number of fused-ring (bicyclic) bond motifs is 1. The van der Waals surface area contributed by atoms with Gasteiger partial charge in [0, 0.05) is 24.6 Å². The number of rotatable bonds is 1. The summed E-state index contributed by atoms with van der Waals surface area (Å²) in [5, 5.41) is 3.41. The molecular formula is C10H15NO. The number of aryl methyl sites for hydroxylation is 1. The van der Waals surface area contributed by atoms with Crippen molar-refractivity contribution in [3.8, 4) is 0 Å². The molecule has 1 atom stereocenters. The minimum absolute atomic E-state index is 0.586. The molecule has 0 saturated carbocycles. The maximum absolute atomic E-state index is 5.55. The van der Waals surface area contributed by atoms with Crippen LogP contribution in [0, 0.1) is 6.92 Å². The zero-order valence-electron chi connectivity index (χ0n) is 7.68. The Bertz CT molecular complexity index is 277. The van der Waals surface area contributed by atoms with Crippen molar-refractivity contribution >= 4 is 0 Å². The second kappa shape index (κ2) is 2.94. The molecule has 0 bridgehead atoms. The van der Waals surface area contributed by atoms with E-state index in [1.54, 1.807) is 0 Å². The molecule has 12 heavy (non-hydrogen) atoms. The van der Waals surface area contributed by atoms with Crippen LogP contribution in [0.4, 0.5) is 0 Å². The lowest BCUT2D eigenvalue weighted by atomic mass is 9.95. The molecule has 1 aromatic rings. The van der Waals surface area contributed by atoms with Crippen molar-refractivity contribution in [3.05, 3.63) is 23.2 Å². The van der Waals surface area contributed by atoms with Crippen LogP contribution in [-0.2, 0) is 6.54 Å². The van der Waals surface area contributed by atoms with E-state index in [-0.39, 0.29) is 0 Å². The Morgan fingerprint density at radius 1 is 1.67 bits per heavy atom. The minimum Gasteiger partial charge on any atom is -0.468 e. The Morgan fingerprint density at radius 2 is 2.50 bits per heavy atom. The van der Waals surface area contributed by atoms with Crippen LogP contribution in [0.5, 0.6) is 0 Å². The fourth-order valence-electron chi connectivity index (χ4n) is 1.85. The van der Waals surface area contributed by atoms with Gasteiger partial charge in [0.15, 0.2) is 0 Å². The molecule has 0 aromatic carbocycles. The molecule has 2 rings (SSSR count). The summed E-state index contributed by atoms with van der Waals surface area (Å²) >= 11 is 0. The average Bonchev–Trinajstić information content (AvgIpc) is 2.48. The zero-order valence-corrected chi connectivity index (χ0v) is 7.68. The van der Waals surface area contributed by atoms with Crippen LogP contribution in [0.3, 0.4) is 0 Å². The molecule has 1 aliphatic heterocycles. The summed E-state index contributed by atoms with van der Waals surface area (Å²) in [6.45, 7) is 6.37. The molecule has 0 radical (unpaired) electrons. The van der Waals surface area contributed by atoms with Gasteiger partial charge in [0.2, 0.25) is 0 Å². The summed E-state index contributed by atoms with van der Waals surface area (Å²) in [6, 6.07) is 0. The van der Waals surface area contributed by atoms with Crippen LogP contribution < -0.4 is 5.32 Å². The molecule has 1 aromatic heterocycles.